The number of morpholine rings is 1. The molecule has 0 atom stereocenters. The van der Waals surface area contributed by atoms with Crippen molar-refractivity contribution in [2.75, 3.05) is 31.2 Å². The topological polar surface area (TPSA) is 67.4 Å². The summed E-state index contributed by atoms with van der Waals surface area (Å²) in [6.45, 7) is 3.59. The normalized spacial score (nSPS) is 14.4. The number of amides is 1. The third-order valence-corrected chi connectivity index (χ3v) is 4.02. The van der Waals surface area contributed by atoms with E-state index in [-0.39, 0.29) is 5.91 Å². The first-order valence-electron chi connectivity index (χ1n) is 8.25. The number of nitrogens with zero attached hydrogens (tertiary/aromatic N) is 3. The molecule has 0 bridgehead atoms. The third-order valence-electron chi connectivity index (χ3n) is 4.02. The van der Waals surface area contributed by atoms with E-state index in [1.165, 1.54) is 0 Å². The van der Waals surface area contributed by atoms with E-state index in [9.17, 15) is 4.79 Å². The lowest BCUT2D eigenvalue weighted by atomic mass is 10.1. The maximum absolute atomic E-state index is 12.1. The number of ether oxygens (including phenoxy) is 1. The first-order valence-corrected chi connectivity index (χ1v) is 8.25. The highest BCUT2D eigenvalue weighted by Gasteiger charge is 2.16. The molecule has 2 aromatic rings. The summed E-state index contributed by atoms with van der Waals surface area (Å²) in [5.41, 5.74) is 2.11. The molecular formula is C18H22N4O2. The molecule has 6 heteroatoms. The largest absolute Gasteiger partial charge is 0.378 e. The lowest BCUT2D eigenvalue weighted by molar-refractivity contribution is -0.121. The van der Waals surface area contributed by atoms with Crippen LogP contribution in [0.1, 0.15) is 17.5 Å². The molecule has 1 fully saturated rings. The molecule has 6 nitrogen and oxygen atoms in total. The molecule has 1 aliphatic heterocycles. The van der Waals surface area contributed by atoms with Gasteiger partial charge in [0.25, 0.3) is 0 Å². The van der Waals surface area contributed by atoms with Crippen molar-refractivity contribution >= 4 is 11.7 Å². The van der Waals surface area contributed by atoms with E-state index in [1.54, 1.807) is 18.6 Å². The number of carbonyl (C=O) groups is 1. The first kappa shape index (κ1) is 16.4. The molecule has 0 aliphatic carbocycles. The molecule has 2 aromatic heterocycles. The van der Waals surface area contributed by atoms with Crippen LogP contribution in [0.4, 0.5) is 5.82 Å². The quantitative estimate of drug-likeness (QED) is 0.872. The van der Waals surface area contributed by atoms with Crippen molar-refractivity contribution in [3.05, 3.63) is 54.0 Å². The van der Waals surface area contributed by atoms with Crippen molar-refractivity contribution in [1.82, 2.24) is 15.3 Å². The predicted octanol–water partition coefficient (Wildman–Crippen LogP) is 1.56. The molecule has 1 saturated heterocycles. The lowest BCUT2D eigenvalue weighted by Gasteiger charge is -2.29. The summed E-state index contributed by atoms with van der Waals surface area (Å²) in [5, 5.41) is 2.99. The van der Waals surface area contributed by atoms with E-state index in [0.29, 0.717) is 32.6 Å². The van der Waals surface area contributed by atoms with Gasteiger partial charge in [0.2, 0.25) is 5.91 Å². The molecule has 0 unspecified atom stereocenters. The van der Waals surface area contributed by atoms with Gasteiger partial charge in [-0.3, -0.25) is 9.78 Å². The highest BCUT2D eigenvalue weighted by atomic mass is 16.5. The van der Waals surface area contributed by atoms with Gasteiger partial charge >= 0.3 is 0 Å². The van der Waals surface area contributed by atoms with E-state index in [2.05, 4.69) is 20.2 Å². The van der Waals surface area contributed by atoms with Crippen molar-refractivity contribution in [2.45, 2.75) is 19.4 Å². The molecule has 24 heavy (non-hydrogen) atoms. The molecule has 0 aromatic carbocycles. The van der Waals surface area contributed by atoms with Crippen LogP contribution in [0.5, 0.6) is 0 Å². The summed E-state index contributed by atoms with van der Waals surface area (Å²) < 4.78 is 5.39. The van der Waals surface area contributed by atoms with Gasteiger partial charge in [-0.25, -0.2) is 4.98 Å². The second-order valence-electron chi connectivity index (χ2n) is 5.72. The van der Waals surface area contributed by atoms with Crippen LogP contribution >= 0.6 is 0 Å². The van der Waals surface area contributed by atoms with E-state index >= 15 is 0 Å². The Bertz CT molecular complexity index is 657. The van der Waals surface area contributed by atoms with Crippen LogP contribution in [0.2, 0.25) is 0 Å². The first-order chi connectivity index (χ1) is 11.8. The maximum Gasteiger partial charge on any atom is 0.220 e. The van der Waals surface area contributed by atoms with Crippen LogP contribution < -0.4 is 10.2 Å². The summed E-state index contributed by atoms with van der Waals surface area (Å²) in [4.78, 5) is 22.8. The van der Waals surface area contributed by atoms with Crippen molar-refractivity contribution in [2.24, 2.45) is 0 Å². The number of aromatic nitrogens is 2. The molecule has 126 valence electrons. The Morgan fingerprint density at radius 3 is 2.83 bits per heavy atom. The Kier molecular flexibility index (Phi) is 5.74. The number of anilines is 1. The predicted molar refractivity (Wildman–Crippen MR) is 91.7 cm³/mol. The fourth-order valence-corrected chi connectivity index (χ4v) is 2.71. The number of hydrogen-bond donors (Lipinski definition) is 1. The summed E-state index contributed by atoms with van der Waals surface area (Å²) in [6.07, 6.45) is 6.48. The molecule has 3 heterocycles. The molecule has 0 spiro atoms. The Morgan fingerprint density at radius 1 is 1.21 bits per heavy atom. The van der Waals surface area contributed by atoms with Gasteiger partial charge in [-0.05, 0) is 24.1 Å². The van der Waals surface area contributed by atoms with Gasteiger partial charge in [-0.2, -0.15) is 0 Å². The van der Waals surface area contributed by atoms with Gasteiger partial charge in [-0.1, -0.05) is 12.1 Å². The zero-order valence-electron chi connectivity index (χ0n) is 13.6. The fourth-order valence-electron chi connectivity index (χ4n) is 2.71. The molecular weight excluding hydrogens is 304 g/mol. The smallest absolute Gasteiger partial charge is 0.220 e. The summed E-state index contributed by atoms with van der Waals surface area (Å²) in [7, 11) is 0. The average Bonchev–Trinajstić information content (AvgIpc) is 2.66. The van der Waals surface area contributed by atoms with Gasteiger partial charge in [0.15, 0.2) is 0 Å². The number of pyridine rings is 2. The van der Waals surface area contributed by atoms with Gasteiger partial charge in [0.05, 0.1) is 13.2 Å². The zero-order chi connectivity index (χ0) is 16.6. The fraction of sp³-hybridized carbons (Fsp3) is 0.389. The van der Waals surface area contributed by atoms with Crippen molar-refractivity contribution in [3.63, 3.8) is 0 Å². The van der Waals surface area contributed by atoms with Crippen molar-refractivity contribution in [1.29, 1.82) is 0 Å². The van der Waals surface area contributed by atoms with E-state index in [0.717, 1.165) is 30.0 Å². The lowest BCUT2D eigenvalue weighted by Crippen LogP contribution is -2.37. The van der Waals surface area contributed by atoms with Crippen LogP contribution in [0.15, 0.2) is 42.9 Å². The highest BCUT2D eigenvalue weighted by Crippen LogP contribution is 2.18. The van der Waals surface area contributed by atoms with Gasteiger partial charge in [0, 0.05) is 50.2 Å². The van der Waals surface area contributed by atoms with Crippen LogP contribution in [-0.4, -0.2) is 42.2 Å². The average molecular weight is 326 g/mol. The maximum atomic E-state index is 12.1. The number of rotatable bonds is 6. The SMILES string of the molecule is O=C(CCc1cccnc1)NCc1cccnc1N1CCOCC1. The summed E-state index contributed by atoms with van der Waals surface area (Å²) >= 11 is 0. The van der Waals surface area contributed by atoms with E-state index in [4.69, 9.17) is 4.74 Å². The zero-order valence-corrected chi connectivity index (χ0v) is 13.6. The Morgan fingerprint density at radius 2 is 2.04 bits per heavy atom. The number of aryl methyl sites for hydroxylation is 1. The van der Waals surface area contributed by atoms with Crippen molar-refractivity contribution < 1.29 is 9.53 Å². The van der Waals surface area contributed by atoms with Crippen LogP contribution in [0.3, 0.4) is 0 Å². The Hall–Kier alpha value is -2.47. The molecule has 1 aliphatic rings. The molecule has 3 rings (SSSR count). The number of carbonyl (C=O) groups excluding carboxylic acids is 1. The summed E-state index contributed by atoms with van der Waals surface area (Å²) in [5.74, 6) is 0.976. The van der Waals surface area contributed by atoms with Crippen LogP contribution in [0.25, 0.3) is 0 Å². The monoisotopic (exact) mass is 326 g/mol. The minimum absolute atomic E-state index is 0.0376. The van der Waals surface area contributed by atoms with Gasteiger partial charge in [-0.15, -0.1) is 0 Å². The molecule has 1 amide bonds. The van der Waals surface area contributed by atoms with Crippen LogP contribution in [-0.2, 0) is 22.5 Å². The van der Waals surface area contributed by atoms with Crippen molar-refractivity contribution in [3.8, 4) is 0 Å². The Balaban J connectivity index is 1.53. The van der Waals surface area contributed by atoms with E-state index in [1.807, 2.05) is 24.3 Å². The molecule has 1 N–H and O–H groups in total. The number of hydrogen-bond acceptors (Lipinski definition) is 5. The highest BCUT2D eigenvalue weighted by molar-refractivity contribution is 5.76. The second-order valence-corrected chi connectivity index (χ2v) is 5.72. The third kappa shape index (κ3) is 4.52. The standard InChI is InChI=1S/C18H22N4O2/c23-17(6-5-15-3-1-7-19-13-15)21-14-16-4-2-8-20-18(16)22-9-11-24-12-10-22/h1-4,7-8,13H,5-6,9-12,14H2,(H,21,23). The van der Waals surface area contributed by atoms with Gasteiger partial charge < -0.3 is 15.0 Å². The summed E-state index contributed by atoms with van der Waals surface area (Å²) in [6, 6.07) is 7.79. The van der Waals surface area contributed by atoms with Gasteiger partial charge in [0.1, 0.15) is 5.82 Å². The van der Waals surface area contributed by atoms with Crippen LogP contribution in [0, 0.1) is 0 Å². The molecule has 0 saturated carbocycles. The minimum atomic E-state index is 0.0376. The second kappa shape index (κ2) is 8.40. The molecule has 0 radical (unpaired) electrons. The number of nitrogens with one attached hydrogen (secondary N) is 1. The van der Waals surface area contributed by atoms with E-state index < -0.39 is 0 Å². The Labute approximate surface area is 141 Å². The minimum Gasteiger partial charge on any atom is -0.378 e.